The molecule has 34 heavy (non-hydrogen) atoms. The summed E-state index contributed by atoms with van der Waals surface area (Å²) in [5.74, 6) is -2.01. The van der Waals surface area contributed by atoms with Crippen molar-refractivity contribution < 1.29 is 28.7 Å². The van der Waals surface area contributed by atoms with Crippen molar-refractivity contribution in [2.45, 2.75) is 46.5 Å². The number of benzene rings is 2. The SMILES string of the molecule is CCCCOC(=O)c1cccc(NC(=O)CCC(=O)OCC(=O)Nc2ccc(Br)c(C)c2C)c1. The van der Waals surface area contributed by atoms with Crippen LogP contribution in [0.5, 0.6) is 0 Å². The monoisotopic (exact) mass is 532 g/mol. The Hall–Kier alpha value is -3.20. The van der Waals surface area contributed by atoms with E-state index in [0.29, 0.717) is 23.5 Å². The van der Waals surface area contributed by atoms with Crippen LogP contribution in [0.25, 0.3) is 0 Å². The second kappa shape index (κ2) is 13.5. The van der Waals surface area contributed by atoms with Gasteiger partial charge in [-0.2, -0.15) is 0 Å². The van der Waals surface area contributed by atoms with Crippen molar-refractivity contribution in [3.05, 3.63) is 57.6 Å². The van der Waals surface area contributed by atoms with E-state index in [4.69, 9.17) is 9.47 Å². The number of ether oxygens (including phenoxy) is 2. The lowest BCUT2D eigenvalue weighted by Crippen LogP contribution is -2.22. The number of carbonyl (C=O) groups is 4. The Morgan fingerprint density at radius 3 is 2.41 bits per heavy atom. The summed E-state index contributed by atoms with van der Waals surface area (Å²) < 4.78 is 11.1. The van der Waals surface area contributed by atoms with Crippen molar-refractivity contribution in [3.8, 4) is 0 Å². The number of hydrogen-bond acceptors (Lipinski definition) is 6. The summed E-state index contributed by atoms with van der Waals surface area (Å²) >= 11 is 3.43. The Balaban J connectivity index is 1.75. The van der Waals surface area contributed by atoms with Crippen LogP contribution in [0.3, 0.4) is 0 Å². The predicted octanol–water partition coefficient (Wildman–Crippen LogP) is 4.92. The van der Waals surface area contributed by atoms with E-state index in [1.54, 1.807) is 24.3 Å². The first-order chi connectivity index (χ1) is 16.2. The molecule has 2 aromatic carbocycles. The van der Waals surface area contributed by atoms with Gasteiger partial charge in [-0.3, -0.25) is 14.4 Å². The molecule has 9 heteroatoms. The minimum Gasteiger partial charge on any atom is -0.462 e. The molecule has 0 radical (unpaired) electrons. The van der Waals surface area contributed by atoms with Crippen molar-refractivity contribution in [2.24, 2.45) is 0 Å². The van der Waals surface area contributed by atoms with Gasteiger partial charge in [0.2, 0.25) is 5.91 Å². The quantitative estimate of drug-likeness (QED) is 0.313. The van der Waals surface area contributed by atoms with Crippen molar-refractivity contribution in [3.63, 3.8) is 0 Å². The van der Waals surface area contributed by atoms with Gasteiger partial charge in [-0.25, -0.2) is 4.79 Å². The molecule has 0 fully saturated rings. The summed E-state index contributed by atoms with van der Waals surface area (Å²) in [5.41, 5.74) is 3.29. The molecule has 0 aliphatic rings. The maximum atomic E-state index is 12.2. The molecule has 0 aliphatic carbocycles. The molecule has 2 amide bonds. The van der Waals surface area contributed by atoms with Crippen LogP contribution in [0, 0.1) is 13.8 Å². The fraction of sp³-hybridized carbons (Fsp3) is 0.360. The maximum absolute atomic E-state index is 12.2. The van der Waals surface area contributed by atoms with E-state index in [2.05, 4.69) is 26.6 Å². The highest BCUT2D eigenvalue weighted by molar-refractivity contribution is 9.10. The summed E-state index contributed by atoms with van der Waals surface area (Å²) in [7, 11) is 0. The topological polar surface area (TPSA) is 111 Å². The highest BCUT2D eigenvalue weighted by Gasteiger charge is 2.13. The number of unbranched alkanes of at least 4 members (excludes halogenated alkanes) is 1. The van der Waals surface area contributed by atoms with Gasteiger partial charge in [0.1, 0.15) is 0 Å². The number of esters is 2. The average Bonchev–Trinajstić information content (AvgIpc) is 2.82. The molecule has 0 unspecified atom stereocenters. The molecule has 0 saturated carbocycles. The third-order valence-electron chi connectivity index (χ3n) is 5.03. The summed E-state index contributed by atoms with van der Waals surface area (Å²) in [6.45, 7) is 5.70. The first-order valence-electron chi connectivity index (χ1n) is 11.0. The zero-order valence-corrected chi connectivity index (χ0v) is 21.1. The van der Waals surface area contributed by atoms with Gasteiger partial charge < -0.3 is 20.1 Å². The fourth-order valence-electron chi connectivity index (χ4n) is 2.88. The van der Waals surface area contributed by atoms with Crippen LogP contribution in [-0.4, -0.2) is 37.0 Å². The number of anilines is 2. The minimum absolute atomic E-state index is 0.128. The van der Waals surface area contributed by atoms with Crippen molar-refractivity contribution >= 4 is 51.1 Å². The lowest BCUT2D eigenvalue weighted by Gasteiger charge is -2.12. The predicted molar refractivity (Wildman–Crippen MR) is 133 cm³/mol. The van der Waals surface area contributed by atoms with Gasteiger partial charge in [0.05, 0.1) is 18.6 Å². The van der Waals surface area contributed by atoms with Crippen LogP contribution < -0.4 is 10.6 Å². The van der Waals surface area contributed by atoms with E-state index in [-0.39, 0.29) is 12.8 Å². The van der Waals surface area contributed by atoms with E-state index in [0.717, 1.165) is 28.4 Å². The van der Waals surface area contributed by atoms with Crippen LogP contribution >= 0.6 is 15.9 Å². The maximum Gasteiger partial charge on any atom is 0.338 e. The van der Waals surface area contributed by atoms with Crippen LogP contribution in [0.1, 0.15) is 54.1 Å². The van der Waals surface area contributed by atoms with E-state index in [1.165, 1.54) is 6.07 Å². The molecular formula is C25H29BrN2O6. The van der Waals surface area contributed by atoms with Gasteiger partial charge in [-0.1, -0.05) is 35.3 Å². The van der Waals surface area contributed by atoms with Crippen LogP contribution in [0.15, 0.2) is 40.9 Å². The van der Waals surface area contributed by atoms with Gasteiger partial charge >= 0.3 is 11.9 Å². The molecule has 182 valence electrons. The summed E-state index contributed by atoms with van der Waals surface area (Å²) in [6, 6.07) is 9.97. The number of hydrogen-bond donors (Lipinski definition) is 2. The molecule has 2 aromatic rings. The largest absolute Gasteiger partial charge is 0.462 e. The summed E-state index contributed by atoms with van der Waals surface area (Å²) in [4.78, 5) is 48.2. The summed E-state index contributed by atoms with van der Waals surface area (Å²) in [6.07, 6.45) is 1.38. The zero-order chi connectivity index (χ0) is 25.1. The number of rotatable bonds is 11. The fourth-order valence-corrected chi connectivity index (χ4v) is 3.31. The Bertz CT molecular complexity index is 1050. The standard InChI is InChI=1S/C25H29BrN2O6/c1-4-5-13-33-25(32)18-7-6-8-19(14-18)27-22(29)11-12-24(31)34-15-23(30)28-21-10-9-20(26)16(2)17(21)3/h6-10,14H,4-5,11-13,15H2,1-3H3,(H,27,29)(H,28,30). The third kappa shape index (κ3) is 8.62. The third-order valence-corrected chi connectivity index (χ3v) is 5.89. The molecular weight excluding hydrogens is 504 g/mol. The van der Waals surface area contributed by atoms with Crippen LogP contribution in [0.4, 0.5) is 11.4 Å². The lowest BCUT2D eigenvalue weighted by molar-refractivity contribution is -0.147. The molecule has 2 rings (SSSR count). The first-order valence-corrected chi connectivity index (χ1v) is 11.8. The van der Waals surface area contributed by atoms with Gasteiger partial charge in [-0.15, -0.1) is 0 Å². The highest BCUT2D eigenvalue weighted by Crippen LogP contribution is 2.25. The van der Waals surface area contributed by atoms with Crippen molar-refractivity contribution in [1.82, 2.24) is 0 Å². The molecule has 0 heterocycles. The van der Waals surface area contributed by atoms with Gasteiger partial charge in [0, 0.05) is 22.3 Å². The smallest absolute Gasteiger partial charge is 0.338 e. The second-order valence-corrected chi connectivity index (χ2v) is 8.53. The van der Waals surface area contributed by atoms with E-state index >= 15 is 0 Å². The molecule has 0 bridgehead atoms. The van der Waals surface area contributed by atoms with E-state index < -0.39 is 30.4 Å². The lowest BCUT2D eigenvalue weighted by atomic mass is 10.1. The Morgan fingerprint density at radius 2 is 1.68 bits per heavy atom. The number of halogens is 1. The van der Waals surface area contributed by atoms with Gasteiger partial charge in [-0.05, 0) is 61.7 Å². The van der Waals surface area contributed by atoms with Crippen molar-refractivity contribution in [1.29, 1.82) is 0 Å². The Kier molecular flexibility index (Phi) is 10.7. The number of amides is 2. The van der Waals surface area contributed by atoms with E-state index in [9.17, 15) is 19.2 Å². The zero-order valence-electron chi connectivity index (χ0n) is 19.5. The number of carbonyl (C=O) groups excluding carboxylic acids is 4. The van der Waals surface area contributed by atoms with Crippen LogP contribution in [0.2, 0.25) is 0 Å². The van der Waals surface area contributed by atoms with Gasteiger partial charge in [0.25, 0.3) is 5.91 Å². The molecule has 2 N–H and O–H groups in total. The Labute approximate surface area is 207 Å². The second-order valence-electron chi connectivity index (χ2n) is 7.67. The molecule has 8 nitrogen and oxygen atoms in total. The molecule has 0 saturated heterocycles. The minimum atomic E-state index is -0.665. The molecule has 0 aromatic heterocycles. The number of nitrogens with one attached hydrogen (secondary N) is 2. The normalized spacial score (nSPS) is 10.4. The van der Waals surface area contributed by atoms with Crippen LogP contribution in [-0.2, 0) is 23.9 Å². The molecule has 0 atom stereocenters. The average molecular weight is 533 g/mol. The van der Waals surface area contributed by atoms with Gasteiger partial charge in [0.15, 0.2) is 6.61 Å². The first kappa shape index (κ1) is 27.0. The highest BCUT2D eigenvalue weighted by atomic mass is 79.9. The molecule has 0 spiro atoms. The molecule has 0 aliphatic heterocycles. The van der Waals surface area contributed by atoms with E-state index in [1.807, 2.05) is 26.8 Å². The van der Waals surface area contributed by atoms with Crippen molar-refractivity contribution in [2.75, 3.05) is 23.8 Å². The Morgan fingerprint density at radius 1 is 0.912 bits per heavy atom. The summed E-state index contributed by atoms with van der Waals surface area (Å²) in [5, 5.41) is 5.34.